The Kier molecular flexibility index (Phi) is 9.11. The summed E-state index contributed by atoms with van der Waals surface area (Å²) in [6, 6.07) is 4.08. The molecule has 0 aliphatic carbocycles. The van der Waals surface area contributed by atoms with Crippen LogP contribution in [-0.2, 0) is 11.8 Å². The number of nitrogens with zero attached hydrogens (tertiary/aromatic N) is 6. The maximum absolute atomic E-state index is 18.0. The third kappa shape index (κ3) is 5.40. The molecule has 4 aromatic rings. The van der Waals surface area contributed by atoms with Gasteiger partial charge in [0.15, 0.2) is 5.82 Å². The minimum Gasteiger partial charge on any atom is -0.377 e. The lowest BCUT2D eigenvalue weighted by Crippen LogP contribution is -2.62. The van der Waals surface area contributed by atoms with Gasteiger partial charge in [-0.05, 0) is 56.2 Å². The zero-order valence-corrected chi connectivity index (χ0v) is 30.3. The van der Waals surface area contributed by atoms with E-state index in [2.05, 4.69) is 33.6 Å². The van der Waals surface area contributed by atoms with Gasteiger partial charge in [0.1, 0.15) is 11.5 Å². The van der Waals surface area contributed by atoms with Gasteiger partial charge in [-0.3, -0.25) is 28.7 Å². The molecule has 2 unspecified atom stereocenters. The number of carbonyl (C=O) groups is 1. The number of aryl methyl sites for hydroxylation is 2. The van der Waals surface area contributed by atoms with Gasteiger partial charge in [0, 0.05) is 50.7 Å². The van der Waals surface area contributed by atoms with Crippen molar-refractivity contribution in [3.63, 3.8) is 0 Å². The number of aromatic nitrogens is 3. The van der Waals surface area contributed by atoms with Gasteiger partial charge < -0.3 is 20.1 Å². The van der Waals surface area contributed by atoms with Crippen LogP contribution in [0.15, 0.2) is 56.1 Å². The fourth-order valence-electron chi connectivity index (χ4n) is 7.77. The standard InChI is InChI=1S/C38H44F2N8O3/c1-11-26(49)46-17-22-15-43-32-34(47(22)16-21(46)7)23-14-24(39)28(27-20(6)12-13-25-35(27)45(10)38(51)44-25)29(40)33(23)48(37(32)50)36(30(41-8)18(2)3)31(42-9)19(4)5/h11-14,18-19,21-22,43H,1,8,15-17H2,2-7,9-10H3,(H,44,51)/b36-30+,42-31?. The van der Waals surface area contributed by atoms with Crippen molar-refractivity contribution in [2.45, 2.75) is 53.6 Å². The van der Waals surface area contributed by atoms with Crippen LogP contribution in [0.25, 0.3) is 38.8 Å². The largest absolute Gasteiger partial charge is 0.377 e. The smallest absolute Gasteiger partial charge is 0.326 e. The summed E-state index contributed by atoms with van der Waals surface area (Å²) in [5, 5.41) is 3.44. The van der Waals surface area contributed by atoms with Crippen molar-refractivity contribution >= 4 is 57.3 Å². The van der Waals surface area contributed by atoms with Gasteiger partial charge in [-0.2, -0.15) is 0 Å². The van der Waals surface area contributed by atoms with Crippen molar-refractivity contribution in [1.82, 2.24) is 19.0 Å². The minimum absolute atomic E-state index is 0.160. The molecule has 2 aromatic carbocycles. The first-order valence-corrected chi connectivity index (χ1v) is 17.1. The average molecular weight is 699 g/mol. The number of imidazole rings is 1. The molecule has 4 heterocycles. The molecule has 13 heteroatoms. The second-order valence-electron chi connectivity index (χ2n) is 14.0. The highest BCUT2D eigenvalue weighted by atomic mass is 19.1. The van der Waals surface area contributed by atoms with Gasteiger partial charge in [0.25, 0.3) is 5.56 Å². The van der Waals surface area contributed by atoms with Crippen molar-refractivity contribution in [1.29, 1.82) is 0 Å². The molecule has 0 radical (unpaired) electrons. The number of hydrogen-bond acceptors (Lipinski definition) is 7. The second-order valence-corrected chi connectivity index (χ2v) is 14.0. The van der Waals surface area contributed by atoms with Crippen molar-refractivity contribution in [2.75, 3.05) is 36.9 Å². The highest BCUT2D eigenvalue weighted by Gasteiger charge is 2.41. The van der Waals surface area contributed by atoms with E-state index in [9.17, 15) is 9.59 Å². The SMILES string of the molecule is C=CC(=O)N1CC2CNc3c(c4cc(F)c(-c5c(C)ccc6[nH]c(=O)n(C)c56)c(F)c4n(/C(C(=NC)C(C)C)=C(/N=C)C(C)C)c3=O)N2CC1C. The summed E-state index contributed by atoms with van der Waals surface area (Å²) in [5.74, 6) is -2.54. The first kappa shape index (κ1) is 35.5. The molecule has 2 atom stereocenters. The Morgan fingerprint density at radius 1 is 1.08 bits per heavy atom. The van der Waals surface area contributed by atoms with E-state index in [1.807, 2.05) is 39.5 Å². The number of rotatable bonds is 7. The highest BCUT2D eigenvalue weighted by Crippen LogP contribution is 2.45. The van der Waals surface area contributed by atoms with Gasteiger partial charge in [-0.1, -0.05) is 40.3 Å². The molecule has 2 aliphatic rings. The van der Waals surface area contributed by atoms with Gasteiger partial charge in [0.2, 0.25) is 5.91 Å². The van der Waals surface area contributed by atoms with Crippen LogP contribution >= 0.6 is 0 Å². The molecule has 1 fully saturated rings. The molecule has 0 bridgehead atoms. The van der Waals surface area contributed by atoms with E-state index in [1.54, 1.807) is 31.0 Å². The lowest BCUT2D eigenvalue weighted by molar-refractivity contribution is -0.128. The molecule has 51 heavy (non-hydrogen) atoms. The number of aromatic amines is 1. The quantitative estimate of drug-likeness (QED) is 0.190. The summed E-state index contributed by atoms with van der Waals surface area (Å²) >= 11 is 0. The Bertz CT molecular complexity index is 2330. The van der Waals surface area contributed by atoms with Crippen LogP contribution in [0, 0.1) is 30.4 Å². The first-order valence-electron chi connectivity index (χ1n) is 17.1. The minimum atomic E-state index is -0.978. The van der Waals surface area contributed by atoms with E-state index in [0.717, 1.165) is 0 Å². The number of benzene rings is 2. The summed E-state index contributed by atoms with van der Waals surface area (Å²) in [7, 11) is 3.14. The van der Waals surface area contributed by atoms with E-state index in [4.69, 9.17) is 0 Å². The number of pyridine rings is 1. The summed E-state index contributed by atoms with van der Waals surface area (Å²) in [6.45, 7) is 19.7. The number of aliphatic imine (C=N–C) groups is 2. The predicted octanol–water partition coefficient (Wildman–Crippen LogP) is 5.70. The molecule has 1 saturated heterocycles. The van der Waals surface area contributed by atoms with Gasteiger partial charge in [0.05, 0.1) is 50.9 Å². The topological polar surface area (TPSA) is 120 Å². The molecule has 2 aromatic heterocycles. The number of nitrogens with one attached hydrogen (secondary N) is 2. The lowest BCUT2D eigenvalue weighted by atomic mass is 9.93. The Morgan fingerprint density at radius 2 is 1.78 bits per heavy atom. The number of amides is 1. The van der Waals surface area contributed by atoms with Crippen LogP contribution < -0.4 is 21.5 Å². The van der Waals surface area contributed by atoms with Crippen molar-refractivity contribution in [2.24, 2.45) is 28.9 Å². The zero-order chi connectivity index (χ0) is 37.2. The molecular formula is C38H44F2N8O3. The Morgan fingerprint density at radius 3 is 2.39 bits per heavy atom. The fraction of sp³-hybridized carbons (Fsp3) is 0.395. The summed E-state index contributed by atoms with van der Waals surface area (Å²) in [5.41, 5.74) is 1.64. The first-order chi connectivity index (χ1) is 24.2. The number of hydrogen-bond donors (Lipinski definition) is 2. The maximum Gasteiger partial charge on any atom is 0.326 e. The number of carbonyl (C=O) groups excluding carboxylic acids is 1. The van der Waals surface area contributed by atoms with Gasteiger partial charge in [-0.25, -0.2) is 13.6 Å². The molecule has 6 rings (SSSR count). The second kappa shape index (κ2) is 13.1. The normalized spacial score (nSPS) is 18.2. The predicted molar refractivity (Wildman–Crippen MR) is 202 cm³/mol. The highest BCUT2D eigenvalue weighted by molar-refractivity contribution is 6.22. The van der Waals surface area contributed by atoms with Crippen LogP contribution in [-0.4, -0.2) is 76.1 Å². The molecule has 268 valence electrons. The van der Waals surface area contributed by atoms with Crippen LogP contribution in [0.1, 0.15) is 40.2 Å². The van der Waals surface area contributed by atoms with Gasteiger partial charge >= 0.3 is 5.69 Å². The Labute approximate surface area is 294 Å². The van der Waals surface area contributed by atoms with E-state index in [1.165, 1.54) is 28.3 Å². The third-order valence-corrected chi connectivity index (χ3v) is 10.2. The molecule has 2 N–H and O–H groups in total. The number of halogens is 2. The van der Waals surface area contributed by atoms with Crippen LogP contribution in [0.5, 0.6) is 0 Å². The maximum atomic E-state index is 18.0. The third-order valence-electron chi connectivity index (χ3n) is 10.2. The molecule has 2 aliphatic heterocycles. The molecule has 0 spiro atoms. The summed E-state index contributed by atoms with van der Waals surface area (Å²) in [6.07, 6.45) is 1.27. The van der Waals surface area contributed by atoms with E-state index in [-0.39, 0.29) is 63.2 Å². The van der Waals surface area contributed by atoms with Crippen LogP contribution in [0.2, 0.25) is 0 Å². The van der Waals surface area contributed by atoms with Crippen molar-refractivity contribution < 1.29 is 13.6 Å². The van der Waals surface area contributed by atoms with Gasteiger partial charge in [-0.15, -0.1) is 0 Å². The van der Waals surface area contributed by atoms with E-state index >= 15 is 13.6 Å². The number of allylic oxidation sites excluding steroid dienone is 2. The van der Waals surface area contributed by atoms with Crippen LogP contribution in [0.4, 0.5) is 20.2 Å². The van der Waals surface area contributed by atoms with E-state index in [0.29, 0.717) is 53.3 Å². The number of fused-ring (bicyclic) bond motifs is 6. The Hall–Kier alpha value is -5.33. The fourth-order valence-corrected chi connectivity index (χ4v) is 7.77. The van der Waals surface area contributed by atoms with Crippen molar-refractivity contribution in [3.05, 3.63) is 74.6 Å². The molecule has 1 amide bonds. The van der Waals surface area contributed by atoms with E-state index < -0.39 is 22.9 Å². The molecule has 11 nitrogen and oxygen atoms in total. The van der Waals surface area contributed by atoms with Crippen LogP contribution in [0.3, 0.4) is 0 Å². The average Bonchev–Trinajstić information content (AvgIpc) is 3.37. The molecule has 0 saturated carbocycles. The monoisotopic (exact) mass is 698 g/mol. The lowest BCUT2D eigenvalue weighted by Gasteiger charge is -2.49. The Balaban J connectivity index is 1.82. The number of H-pyrrole nitrogens is 1. The zero-order valence-electron chi connectivity index (χ0n) is 30.3. The number of piperazine rings is 1. The number of anilines is 2. The summed E-state index contributed by atoms with van der Waals surface area (Å²) < 4.78 is 37.5. The summed E-state index contributed by atoms with van der Waals surface area (Å²) in [4.78, 5) is 56.0. The molecular weight excluding hydrogens is 654 g/mol. The van der Waals surface area contributed by atoms with Crippen molar-refractivity contribution in [3.8, 4) is 11.1 Å².